The summed E-state index contributed by atoms with van der Waals surface area (Å²) >= 11 is 0. The van der Waals surface area contributed by atoms with Crippen molar-refractivity contribution in [2.75, 3.05) is 18.4 Å². The fourth-order valence-corrected chi connectivity index (χ4v) is 1.71. The van der Waals surface area contributed by atoms with Gasteiger partial charge in [-0.25, -0.2) is 4.68 Å². The van der Waals surface area contributed by atoms with Crippen LogP contribution in [0.3, 0.4) is 0 Å². The van der Waals surface area contributed by atoms with Crippen molar-refractivity contribution in [3.05, 3.63) is 42.2 Å². The van der Waals surface area contributed by atoms with Crippen LogP contribution in [0.1, 0.15) is 12.0 Å². The minimum atomic E-state index is -4.36. The number of benzene rings is 1. The van der Waals surface area contributed by atoms with Crippen LogP contribution in [0.15, 0.2) is 36.7 Å². The van der Waals surface area contributed by atoms with Crippen LogP contribution in [0.25, 0.3) is 5.69 Å². The Labute approximate surface area is 114 Å². The molecular formula is C13H15F3N4. The number of hydrogen-bond donors (Lipinski definition) is 2. The zero-order valence-electron chi connectivity index (χ0n) is 10.7. The molecular weight excluding hydrogens is 269 g/mol. The molecule has 0 spiro atoms. The molecule has 4 nitrogen and oxygen atoms in total. The van der Waals surface area contributed by atoms with Gasteiger partial charge in [0.25, 0.3) is 0 Å². The molecule has 0 saturated carbocycles. The molecule has 2 aromatic rings. The van der Waals surface area contributed by atoms with Crippen LogP contribution in [0.5, 0.6) is 0 Å². The standard InChI is InChI=1S/C13H15F3N4/c14-13(15,16)10-3-1-4-12(7-10)20-9-11(8-19-20)18-6-2-5-17/h1,3-4,7-9,18H,2,5-6,17H2. The van der Waals surface area contributed by atoms with E-state index in [0.29, 0.717) is 18.8 Å². The van der Waals surface area contributed by atoms with E-state index in [9.17, 15) is 13.2 Å². The molecule has 0 amide bonds. The van der Waals surface area contributed by atoms with Crippen molar-refractivity contribution >= 4 is 5.69 Å². The summed E-state index contributed by atoms with van der Waals surface area (Å²) in [5, 5.41) is 7.14. The average molecular weight is 284 g/mol. The Morgan fingerprint density at radius 1 is 1.30 bits per heavy atom. The van der Waals surface area contributed by atoms with Crippen LogP contribution in [0, 0.1) is 0 Å². The van der Waals surface area contributed by atoms with E-state index in [-0.39, 0.29) is 0 Å². The molecule has 0 aliphatic carbocycles. The van der Waals surface area contributed by atoms with Gasteiger partial charge in [0.2, 0.25) is 0 Å². The fraction of sp³-hybridized carbons (Fsp3) is 0.308. The number of alkyl halides is 3. The zero-order valence-corrected chi connectivity index (χ0v) is 10.7. The number of nitrogens with one attached hydrogen (secondary N) is 1. The first kappa shape index (κ1) is 14.4. The SMILES string of the molecule is NCCCNc1cnn(-c2cccc(C(F)(F)F)c2)c1. The van der Waals surface area contributed by atoms with E-state index in [1.807, 2.05) is 0 Å². The number of rotatable bonds is 5. The summed E-state index contributed by atoms with van der Waals surface area (Å²) in [4.78, 5) is 0. The number of aromatic nitrogens is 2. The van der Waals surface area contributed by atoms with E-state index < -0.39 is 11.7 Å². The van der Waals surface area contributed by atoms with E-state index >= 15 is 0 Å². The maximum atomic E-state index is 12.6. The molecule has 0 fully saturated rings. The molecule has 0 aliphatic rings. The molecule has 3 N–H and O–H groups in total. The van der Waals surface area contributed by atoms with Crippen LogP contribution >= 0.6 is 0 Å². The molecule has 20 heavy (non-hydrogen) atoms. The highest BCUT2D eigenvalue weighted by Gasteiger charge is 2.30. The number of nitrogens with two attached hydrogens (primary N) is 1. The first-order valence-corrected chi connectivity index (χ1v) is 6.17. The minimum Gasteiger partial charge on any atom is -0.382 e. The monoisotopic (exact) mass is 284 g/mol. The molecule has 2 rings (SSSR count). The summed E-state index contributed by atoms with van der Waals surface area (Å²) < 4.78 is 39.3. The highest BCUT2D eigenvalue weighted by Crippen LogP contribution is 2.30. The maximum Gasteiger partial charge on any atom is 0.416 e. The van der Waals surface area contributed by atoms with Gasteiger partial charge in [-0.3, -0.25) is 0 Å². The number of hydrogen-bond acceptors (Lipinski definition) is 3. The second kappa shape index (κ2) is 5.96. The third-order valence-corrected chi connectivity index (χ3v) is 2.73. The molecule has 0 atom stereocenters. The summed E-state index contributed by atoms with van der Waals surface area (Å²) in [6, 6.07) is 5.04. The van der Waals surface area contributed by atoms with Gasteiger partial charge in [0.15, 0.2) is 0 Å². The van der Waals surface area contributed by atoms with Gasteiger partial charge in [-0.1, -0.05) is 6.07 Å². The third-order valence-electron chi connectivity index (χ3n) is 2.73. The van der Waals surface area contributed by atoms with Gasteiger partial charge in [0.1, 0.15) is 0 Å². The largest absolute Gasteiger partial charge is 0.416 e. The van der Waals surface area contributed by atoms with Crippen molar-refractivity contribution in [3.8, 4) is 5.69 Å². The molecule has 108 valence electrons. The van der Waals surface area contributed by atoms with Crippen LogP contribution in [-0.4, -0.2) is 22.9 Å². The van der Waals surface area contributed by atoms with Crippen molar-refractivity contribution in [2.24, 2.45) is 5.73 Å². The Kier molecular flexibility index (Phi) is 4.29. The van der Waals surface area contributed by atoms with E-state index in [2.05, 4.69) is 10.4 Å². The molecule has 0 aliphatic heterocycles. The predicted octanol–water partition coefficient (Wildman–Crippen LogP) is 2.65. The molecule has 0 bridgehead atoms. The van der Waals surface area contributed by atoms with Crippen molar-refractivity contribution in [1.82, 2.24) is 9.78 Å². The first-order chi connectivity index (χ1) is 9.50. The summed E-state index contributed by atoms with van der Waals surface area (Å²) in [6.45, 7) is 1.28. The van der Waals surface area contributed by atoms with Crippen molar-refractivity contribution in [1.29, 1.82) is 0 Å². The average Bonchev–Trinajstić information content (AvgIpc) is 2.87. The highest BCUT2D eigenvalue weighted by atomic mass is 19.4. The molecule has 1 aromatic carbocycles. The Balaban J connectivity index is 2.16. The highest BCUT2D eigenvalue weighted by molar-refractivity contribution is 5.43. The molecule has 0 radical (unpaired) electrons. The Morgan fingerprint density at radius 2 is 2.10 bits per heavy atom. The van der Waals surface area contributed by atoms with Gasteiger partial charge in [0, 0.05) is 6.54 Å². The Bertz CT molecular complexity index is 563. The van der Waals surface area contributed by atoms with Gasteiger partial charge in [-0.05, 0) is 31.2 Å². The summed E-state index contributed by atoms with van der Waals surface area (Å²) in [5.41, 5.74) is 5.80. The lowest BCUT2D eigenvalue weighted by Crippen LogP contribution is -2.08. The minimum absolute atomic E-state index is 0.367. The summed E-state index contributed by atoms with van der Waals surface area (Å²) in [6.07, 6.45) is -0.330. The quantitative estimate of drug-likeness (QED) is 0.830. The van der Waals surface area contributed by atoms with Crippen LogP contribution in [0.2, 0.25) is 0 Å². The molecule has 1 aromatic heterocycles. The van der Waals surface area contributed by atoms with E-state index in [1.165, 1.54) is 10.7 Å². The lowest BCUT2D eigenvalue weighted by molar-refractivity contribution is -0.137. The summed E-state index contributed by atoms with van der Waals surface area (Å²) in [5.74, 6) is 0. The third kappa shape index (κ3) is 3.51. The Morgan fingerprint density at radius 3 is 2.80 bits per heavy atom. The number of nitrogens with zero attached hydrogens (tertiary/aromatic N) is 2. The van der Waals surface area contributed by atoms with E-state index in [4.69, 9.17) is 5.73 Å². The Hall–Kier alpha value is -2.02. The normalized spacial score (nSPS) is 11.6. The zero-order chi connectivity index (χ0) is 14.6. The second-order valence-electron chi connectivity index (χ2n) is 4.29. The van der Waals surface area contributed by atoms with Gasteiger partial charge < -0.3 is 11.1 Å². The lowest BCUT2D eigenvalue weighted by atomic mass is 10.2. The fourth-order valence-electron chi connectivity index (χ4n) is 1.71. The van der Waals surface area contributed by atoms with Gasteiger partial charge in [-0.2, -0.15) is 18.3 Å². The smallest absolute Gasteiger partial charge is 0.382 e. The summed E-state index contributed by atoms with van der Waals surface area (Å²) in [7, 11) is 0. The first-order valence-electron chi connectivity index (χ1n) is 6.17. The molecule has 1 heterocycles. The van der Waals surface area contributed by atoms with Crippen molar-refractivity contribution < 1.29 is 13.2 Å². The van der Waals surface area contributed by atoms with Gasteiger partial charge in [-0.15, -0.1) is 0 Å². The lowest BCUT2D eigenvalue weighted by Gasteiger charge is -2.08. The van der Waals surface area contributed by atoms with Crippen molar-refractivity contribution in [2.45, 2.75) is 12.6 Å². The van der Waals surface area contributed by atoms with Crippen LogP contribution in [-0.2, 0) is 6.18 Å². The predicted molar refractivity (Wildman–Crippen MR) is 70.7 cm³/mol. The van der Waals surface area contributed by atoms with E-state index in [0.717, 1.165) is 24.2 Å². The molecule has 0 saturated heterocycles. The van der Waals surface area contributed by atoms with Crippen LogP contribution in [0.4, 0.5) is 18.9 Å². The van der Waals surface area contributed by atoms with Gasteiger partial charge >= 0.3 is 6.18 Å². The number of halogens is 3. The van der Waals surface area contributed by atoms with E-state index in [1.54, 1.807) is 18.5 Å². The second-order valence-corrected chi connectivity index (χ2v) is 4.29. The maximum absolute atomic E-state index is 12.6. The topological polar surface area (TPSA) is 55.9 Å². The van der Waals surface area contributed by atoms with Crippen LogP contribution < -0.4 is 11.1 Å². The van der Waals surface area contributed by atoms with Gasteiger partial charge in [0.05, 0.1) is 29.3 Å². The van der Waals surface area contributed by atoms with Crippen molar-refractivity contribution in [3.63, 3.8) is 0 Å². The molecule has 0 unspecified atom stereocenters. The number of anilines is 1. The molecule has 7 heteroatoms.